The van der Waals surface area contributed by atoms with Gasteiger partial charge >= 0.3 is 0 Å². The van der Waals surface area contributed by atoms with Gasteiger partial charge in [-0.3, -0.25) is 4.99 Å². The highest BCUT2D eigenvalue weighted by Crippen LogP contribution is 2.44. The van der Waals surface area contributed by atoms with Gasteiger partial charge in [-0.1, -0.05) is 170 Å². The number of allylic oxidation sites excluding steroid dienone is 2. The number of fused-ring (bicyclic) bond motifs is 6. The Kier molecular flexibility index (Phi) is 7.77. The van der Waals surface area contributed by atoms with Crippen molar-refractivity contribution in [3.8, 4) is 16.8 Å². The lowest BCUT2D eigenvalue weighted by atomic mass is 9.88. The molecule has 3 heteroatoms. The van der Waals surface area contributed by atoms with Gasteiger partial charge in [0.25, 0.3) is 0 Å². The van der Waals surface area contributed by atoms with Crippen molar-refractivity contribution in [1.82, 2.24) is 4.57 Å². The zero-order valence-corrected chi connectivity index (χ0v) is 30.8. The molecule has 0 radical (unpaired) electrons. The van der Waals surface area contributed by atoms with E-state index in [2.05, 4.69) is 199 Å². The predicted octanol–water partition coefficient (Wildman–Crippen LogP) is 13.6. The fourth-order valence-electron chi connectivity index (χ4n) is 9.03. The van der Waals surface area contributed by atoms with Crippen molar-refractivity contribution in [3.05, 3.63) is 222 Å². The molecule has 2 atom stereocenters. The van der Waals surface area contributed by atoms with E-state index in [0.29, 0.717) is 0 Å². The quantitative estimate of drug-likeness (QED) is 0.168. The van der Waals surface area contributed by atoms with E-state index >= 15 is 0 Å². The second-order valence-corrected chi connectivity index (χ2v) is 15.0. The van der Waals surface area contributed by atoms with Crippen LogP contribution in [0.15, 0.2) is 197 Å². The predicted molar refractivity (Wildman–Crippen MR) is 233 cm³/mol. The molecular weight excluding hydrogens is 681 g/mol. The van der Waals surface area contributed by atoms with Gasteiger partial charge in [0, 0.05) is 38.9 Å². The Balaban J connectivity index is 1.13. The molecular formula is C53H38N2O. The Bertz CT molecular complexity index is 3000. The molecule has 0 saturated heterocycles. The molecule has 0 N–H and O–H groups in total. The van der Waals surface area contributed by atoms with Crippen LogP contribution in [0.2, 0.25) is 0 Å². The molecule has 7 aromatic carbocycles. The summed E-state index contributed by atoms with van der Waals surface area (Å²) in [5, 5.41) is 3.43. The summed E-state index contributed by atoms with van der Waals surface area (Å²) in [5.74, 6) is 0.273. The standard InChI is InChI=1S/C53H38N2O/c1-5-15-35(16-6-1)39-27-29-42-43-30-28-40(36-17-7-2-8-18-36)34-50(43)55(49(42)33-39)48-25-13-24-45-52-44(23-14-26-51(52)56-53(45)48)47-32-41(37-19-9-3-10-20-37)31-46(54-47)38-21-11-4-12-22-38/h1-30,32-33,40,46H,31,34H2. The Hall–Kier alpha value is -6.97. The van der Waals surface area contributed by atoms with Crippen molar-refractivity contribution < 1.29 is 4.42 Å². The van der Waals surface area contributed by atoms with Crippen LogP contribution in [0.25, 0.3) is 61.3 Å². The summed E-state index contributed by atoms with van der Waals surface area (Å²) in [6.07, 6.45) is 8.75. The fourth-order valence-corrected chi connectivity index (χ4v) is 9.03. The van der Waals surface area contributed by atoms with Gasteiger partial charge in [-0.25, -0.2) is 0 Å². The molecule has 0 fully saturated rings. The Labute approximate surface area is 326 Å². The average molecular weight is 719 g/mol. The number of furan rings is 1. The topological polar surface area (TPSA) is 30.4 Å². The van der Waals surface area contributed by atoms with Crippen LogP contribution in [-0.4, -0.2) is 10.3 Å². The van der Waals surface area contributed by atoms with Crippen LogP contribution < -0.4 is 0 Å². The van der Waals surface area contributed by atoms with E-state index in [-0.39, 0.29) is 12.0 Å². The number of hydrogen-bond donors (Lipinski definition) is 0. The molecule has 56 heavy (non-hydrogen) atoms. The van der Waals surface area contributed by atoms with Crippen LogP contribution in [0.1, 0.15) is 51.9 Å². The maximum absolute atomic E-state index is 7.01. The molecule has 1 aliphatic heterocycles. The van der Waals surface area contributed by atoms with Crippen molar-refractivity contribution >= 4 is 50.2 Å². The molecule has 1 aliphatic carbocycles. The van der Waals surface area contributed by atoms with E-state index in [1.54, 1.807) is 0 Å². The summed E-state index contributed by atoms with van der Waals surface area (Å²) in [7, 11) is 0. The molecule has 9 aromatic rings. The van der Waals surface area contributed by atoms with Gasteiger partial charge in [0.15, 0.2) is 5.58 Å². The molecule has 11 rings (SSSR count). The van der Waals surface area contributed by atoms with E-state index < -0.39 is 0 Å². The minimum absolute atomic E-state index is 0.0116. The number of dihydropyridines is 1. The Morgan fingerprint density at radius 2 is 1.27 bits per heavy atom. The molecule has 3 nitrogen and oxygen atoms in total. The molecule has 0 spiro atoms. The van der Waals surface area contributed by atoms with Crippen molar-refractivity contribution in [2.45, 2.75) is 24.8 Å². The minimum Gasteiger partial charge on any atom is -0.454 e. The first-order valence-corrected chi connectivity index (χ1v) is 19.6. The number of rotatable bonds is 6. The monoisotopic (exact) mass is 718 g/mol. The third kappa shape index (κ3) is 5.47. The minimum atomic E-state index is 0.0116. The SMILES string of the molecule is C1=CC(c2ccccc2)Cc2c1c1ccc(-c3ccccc3)cc1n2-c1cccc2c1oc1cccc(C3=NC(c4ccccc4)CC(c4ccccc4)=C3)c12. The van der Waals surface area contributed by atoms with E-state index in [1.807, 2.05) is 0 Å². The Morgan fingerprint density at radius 3 is 2.04 bits per heavy atom. The second-order valence-electron chi connectivity index (χ2n) is 15.0. The molecule has 3 heterocycles. The van der Waals surface area contributed by atoms with E-state index in [9.17, 15) is 0 Å². The molecule has 2 unspecified atom stereocenters. The zero-order chi connectivity index (χ0) is 37.0. The van der Waals surface area contributed by atoms with E-state index in [1.165, 1.54) is 55.6 Å². The fraction of sp³-hybridized carbons (Fsp3) is 0.0755. The van der Waals surface area contributed by atoms with Gasteiger partial charge in [-0.2, -0.15) is 0 Å². The first-order chi connectivity index (χ1) is 27.8. The van der Waals surface area contributed by atoms with Crippen molar-refractivity contribution in [3.63, 3.8) is 0 Å². The van der Waals surface area contributed by atoms with E-state index in [0.717, 1.165) is 51.7 Å². The highest BCUT2D eigenvalue weighted by molar-refractivity contribution is 6.24. The summed E-state index contributed by atoms with van der Waals surface area (Å²) >= 11 is 0. The molecule has 0 amide bonds. The third-order valence-corrected chi connectivity index (χ3v) is 11.7. The first-order valence-electron chi connectivity index (χ1n) is 19.6. The summed E-state index contributed by atoms with van der Waals surface area (Å²) < 4.78 is 9.50. The van der Waals surface area contributed by atoms with Gasteiger partial charge in [0.2, 0.25) is 0 Å². The lowest BCUT2D eigenvalue weighted by Gasteiger charge is -2.22. The second kappa shape index (κ2) is 13.4. The number of nitrogens with zero attached hydrogens (tertiary/aromatic N) is 2. The van der Waals surface area contributed by atoms with Crippen LogP contribution in [0.5, 0.6) is 0 Å². The van der Waals surface area contributed by atoms with Crippen LogP contribution in [0.3, 0.4) is 0 Å². The largest absolute Gasteiger partial charge is 0.454 e. The van der Waals surface area contributed by atoms with Crippen molar-refractivity contribution in [2.75, 3.05) is 0 Å². The summed E-state index contributed by atoms with van der Waals surface area (Å²) in [4.78, 5) is 5.47. The highest BCUT2D eigenvalue weighted by atomic mass is 16.3. The molecule has 0 saturated carbocycles. The van der Waals surface area contributed by atoms with Gasteiger partial charge in [-0.05, 0) is 70.5 Å². The molecule has 0 bridgehead atoms. The molecule has 2 aliphatic rings. The van der Waals surface area contributed by atoms with E-state index in [4.69, 9.17) is 9.41 Å². The van der Waals surface area contributed by atoms with Crippen LogP contribution in [0, 0.1) is 0 Å². The lowest BCUT2D eigenvalue weighted by molar-refractivity contribution is 0.664. The Morgan fingerprint density at radius 1 is 0.571 bits per heavy atom. The number of benzene rings is 7. The number of aliphatic imine (C=N–C) groups is 1. The first kappa shape index (κ1) is 32.5. The lowest BCUT2D eigenvalue weighted by Crippen LogP contribution is -2.11. The normalized spacial score (nSPS) is 16.6. The summed E-state index contributed by atoms with van der Waals surface area (Å²) in [6, 6.07) is 63.0. The average Bonchev–Trinajstić information content (AvgIpc) is 3.83. The molecule has 266 valence electrons. The smallest absolute Gasteiger partial charge is 0.159 e. The van der Waals surface area contributed by atoms with Crippen LogP contribution >= 0.6 is 0 Å². The summed E-state index contributed by atoms with van der Waals surface area (Å²) in [5.41, 5.74) is 16.1. The van der Waals surface area contributed by atoms with Crippen molar-refractivity contribution in [1.29, 1.82) is 0 Å². The summed E-state index contributed by atoms with van der Waals surface area (Å²) in [6.45, 7) is 0. The molecule has 2 aromatic heterocycles. The van der Waals surface area contributed by atoms with Gasteiger partial charge in [0.1, 0.15) is 5.58 Å². The third-order valence-electron chi connectivity index (χ3n) is 11.7. The number of para-hydroxylation sites is 1. The number of aromatic nitrogens is 1. The van der Waals surface area contributed by atoms with Crippen LogP contribution in [-0.2, 0) is 6.42 Å². The number of hydrogen-bond acceptors (Lipinski definition) is 2. The van der Waals surface area contributed by atoms with Gasteiger partial charge in [-0.15, -0.1) is 0 Å². The van der Waals surface area contributed by atoms with Gasteiger partial charge in [0.05, 0.1) is 23.0 Å². The van der Waals surface area contributed by atoms with Crippen LogP contribution in [0.4, 0.5) is 0 Å². The zero-order valence-electron chi connectivity index (χ0n) is 30.8. The van der Waals surface area contributed by atoms with Crippen molar-refractivity contribution in [2.24, 2.45) is 4.99 Å². The maximum Gasteiger partial charge on any atom is 0.159 e. The van der Waals surface area contributed by atoms with Gasteiger partial charge < -0.3 is 8.98 Å². The maximum atomic E-state index is 7.01. The highest BCUT2D eigenvalue weighted by Gasteiger charge is 2.27.